The van der Waals surface area contributed by atoms with Crippen LogP contribution >= 0.6 is 0 Å². The van der Waals surface area contributed by atoms with Crippen LogP contribution in [0.2, 0.25) is 0 Å². The van der Waals surface area contributed by atoms with E-state index in [0.29, 0.717) is 0 Å². The number of amides is 2. The molecule has 1 heterocycles. The van der Waals surface area contributed by atoms with Crippen LogP contribution in [0.4, 0.5) is 10.5 Å². The molecule has 33 heavy (non-hydrogen) atoms. The molecule has 0 bridgehead atoms. The van der Waals surface area contributed by atoms with Gasteiger partial charge in [-0.3, -0.25) is 14.5 Å². The van der Waals surface area contributed by atoms with Crippen LogP contribution in [0.5, 0.6) is 0 Å². The number of aliphatic carboxylic acids is 1. The third-order valence-electron chi connectivity index (χ3n) is 6.90. The quantitative estimate of drug-likeness (QED) is 0.694. The second kappa shape index (κ2) is 9.65. The molecule has 1 saturated carbocycles. The van der Waals surface area contributed by atoms with Crippen molar-refractivity contribution in [2.75, 3.05) is 11.9 Å². The number of carbonyl (C=O) groups excluding carboxylic acids is 2. The molecule has 1 aliphatic carbocycles. The van der Waals surface area contributed by atoms with E-state index in [1.807, 2.05) is 54.6 Å². The molecule has 0 spiro atoms. The molecule has 0 saturated heterocycles. The SMILES string of the molecule is C[C@H](CC(=O)N(C)C1c2ccccc2N(C(=O)OCc2ccccc2)C2CCCC12)C(=O)O. The lowest BCUT2D eigenvalue weighted by Gasteiger charge is -2.46. The van der Waals surface area contributed by atoms with E-state index in [4.69, 9.17) is 4.74 Å². The number of para-hydroxylation sites is 1. The van der Waals surface area contributed by atoms with Crippen molar-refractivity contribution in [2.45, 2.75) is 51.3 Å². The van der Waals surface area contributed by atoms with Crippen LogP contribution in [0.25, 0.3) is 0 Å². The molecule has 2 aliphatic rings. The minimum Gasteiger partial charge on any atom is -0.481 e. The second-order valence-corrected chi connectivity index (χ2v) is 9.02. The van der Waals surface area contributed by atoms with Crippen molar-refractivity contribution >= 4 is 23.7 Å². The Morgan fingerprint density at radius 3 is 2.52 bits per heavy atom. The minimum absolute atomic E-state index is 0.0509. The number of anilines is 1. The number of nitrogens with zero attached hydrogens (tertiary/aromatic N) is 2. The molecule has 0 aromatic heterocycles. The average molecular weight is 451 g/mol. The molecule has 3 unspecified atom stereocenters. The summed E-state index contributed by atoms with van der Waals surface area (Å²) in [6.45, 7) is 1.75. The Labute approximate surface area is 193 Å². The first kappa shape index (κ1) is 22.8. The lowest BCUT2D eigenvalue weighted by Crippen LogP contribution is -2.51. The smallest absolute Gasteiger partial charge is 0.414 e. The Morgan fingerprint density at radius 1 is 1.09 bits per heavy atom. The highest BCUT2D eigenvalue weighted by atomic mass is 16.6. The highest BCUT2D eigenvalue weighted by molar-refractivity contribution is 5.91. The Balaban J connectivity index is 1.61. The monoisotopic (exact) mass is 450 g/mol. The Hall–Kier alpha value is -3.35. The maximum absolute atomic E-state index is 13.3. The molecule has 4 rings (SSSR count). The number of rotatable bonds is 6. The van der Waals surface area contributed by atoms with Crippen LogP contribution in [-0.4, -0.2) is 41.1 Å². The zero-order chi connectivity index (χ0) is 23.5. The molecule has 2 aromatic carbocycles. The predicted octanol–water partition coefficient (Wildman–Crippen LogP) is 4.62. The molecular weight excluding hydrogens is 420 g/mol. The summed E-state index contributed by atoms with van der Waals surface area (Å²) in [4.78, 5) is 41.0. The number of carboxylic acid groups (broad SMARTS) is 1. The molecule has 1 fully saturated rings. The van der Waals surface area contributed by atoms with Crippen LogP contribution in [0.3, 0.4) is 0 Å². The zero-order valence-electron chi connectivity index (χ0n) is 19.0. The normalized spacial score (nSPS) is 22.1. The highest BCUT2D eigenvalue weighted by Crippen LogP contribution is 2.50. The van der Waals surface area contributed by atoms with Crippen LogP contribution in [0.15, 0.2) is 54.6 Å². The van der Waals surface area contributed by atoms with Crippen molar-refractivity contribution in [3.8, 4) is 0 Å². The summed E-state index contributed by atoms with van der Waals surface area (Å²) in [5, 5.41) is 9.23. The summed E-state index contributed by atoms with van der Waals surface area (Å²) >= 11 is 0. The molecule has 4 atom stereocenters. The Bertz CT molecular complexity index is 1020. The van der Waals surface area contributed by atoms with E-state index in [1.54, 1.807) is 23.8 Å². The van der Waals surface area contributed by atoms with E-state index >= 15 is 0 Å². The zero-order valence-corrected chi connectivity index (χ0v) is 19.0. The van der Waals surface area contributed by atoms with Gasteiger partial charge in [-0.15, -0.1) is 0 Å². The number of carbonyl (C=O) groups is 3. The second-order valence-electron chi connectivity index (χ2n) is 9.02. The van der Waals surface area contributed by atoms with Crippen molar-refractivity contribution in [2.24, 2.45) is 11.8 Å². The number of hydrogen-bond acceptors (Lipinski definition) is 4. The van der Waals surface area contributed by atoms with Gasteiger partial charge in [-0.05, 0) is 30.0 Å². The number of hydrogen-bond donors (Lipinski definition) is 1. The summed E-state index contributed by atoms with van der Waals surface area (Å²) in [6, 6.07) is 17.0. The first-order chi connectivity index (χ1) is 15.9. The number of ether oxygens (including phenoxy) is 1. The summed E-state index contributed by atoms with van der Waals surface area (Å²) in [6.07, 6.45) is 2.25. The van der Waals surface area contributed by atoms with Gasteiger partial charge in [0.2, 0.25) is 5.91 Å². The third kappa shape index (κ3) is 4.58. The topological polar surface area (TPSA) is 87.2 Å². The van der Waals surface area contributed by atoms with E-state index < -0.39 is 11.9 Å². The van der Waals surface area contributed by atoms with Gasteiger partial charge in [-0.25, -0.2) is 4.79 Å². The van der Waals surface area contributed by atoms with Gasteiger partial charge in [0.15, 0.2) is 0 Å². The van der Waals surface area contributed by atoms with E-state index in [2.05, 4.69) is 0 Å². The highest BCUT2D eigenvalue weighted by Gasteiger charge is 2.48. The fourth-order valence-electron chi connectivity index (χ4n) is 5.19. The maximum atomic E-state index is 13.3. The van der Waals surface area contributed by atoms with E-state index in [9.17, 15) is 19.5 Å². The fraction of sp³-hybridized carbons (Fsp3) is 0.423. The van der Waals surface area contributed by atoms with Gasteiger partial charge in [0.05, 0.1) is 17.6 Å². The van der Waals surface area contributed by atoms with Crippen molar-refractivity contribution < 1.29 is 24.2 Å². The summed E-state index contributed by atoms with van der Waals surface area (Å²) in [7, 11) is 1.75. The van der Waals surface area contributed by atoms with E-state index in [0.717, 1.165) is 36.1 Å². The van der Waals surface area contributed by atoms with E-state index in [1.165, 1.54) is 0 Å². The molecule has 0 radical (unpaired) electrons. The molecule has 1 aliphatic heterocycles. The number of carboxylic acids is 1. The largest absolute Gasteiger partial charge is 0.481 e. The molecule has 2 amide bonds. The predicted molar refractivity (Wildman–Crippen MR) is 124 cm³/mol. The van der Waals surface area contributed by atoms with Crippen LogP contribution in [-0.2, 0) is 20.9 Å². The first-order valence-electron chi connectivity index (χ1n) is 11.5. The van der Waals surface area contributed by atoms with E-state index in [-0.39, 0.29) is 43.0 Å². The third-order valence-corrected chi connectivity index (χ3v) is 6.90. The van der Waals surface area contributed by atoms with Crippen molar-refractivity contribution in [1.29, 1.82) is 0 Å². The maximum Gasteiger partial charge on any atom is 0.414 e. The average Bonchev–Trinajstić information content (AvgIpc) is 3.30. The van der Waals surface area contributed by atoms with Crippen molar-refractivity contribution in [3.63, 3.8) is 0 Å². The van der Waals surface area contributed by atoms with Crippen LogP contribution in [0.1, 0.15) is 49.8 Å². The van der Waals surface area contributed by atoms with Crippen LogP contribution < -0.4 is 4.90 Å². The molecule has 1 N–H and O–H groups in total. The van der Waals surface area contributed by atoms with Gasteiger partial charge in [0.1, 0.15) is 6.61 Å². The van der Waals surface area contributed by atoms with Gasteiger partial charge in [0, 0.05) is 25.4 Å². The van der Waals surface area contributed by atoms with Gasteiger partial charge in [-0.1, -0.05) is 61.9 Å². The van der Waals surface area contributed by atoms with Gasteiger partial charge in [0.25, 0.3) is 0 Å². The fourth-order valence-corrected chi connectivity index (χ4v) is 5.19. The summed E-state index contributed by atoms with van der Waals surface area (Å²) in [5.74, 6) is -1.86. The van der Waals surface area contributed by atoms with Crippen LogP contribution in [0, 0.1) is 11.8 Å². The van der Waals surface area contributed by atoms with Crippen molar-refractivity contribution in [1.82, 2.24) is 4.90 Å². The van der Waals surface area contributed by atoms with Crippen molar-refractivity contribution in [3.05, 3.63) is 65.7 Å². The van der Waals surface area contributed by atoms with Gasteiger partial charge >= 0.3 is 12.1 Å². The Morgan fingerprint density at radius 2 is 1.79 bits per heavy atom. The van der Waals surface area contributed by atoms with Gasteiger partial charge < -0.3 is 14.7 Å². The lowest BCUT2D eigenvalue weighted by atomic mass is 9.82. The lowest BCUT2D eigenvalue weighted by molar-refractivity contribution is -0.146. The first-order valence-corrected chi connectivity index (χ1v) is 11.5. The van der Waals surface area contributed by atoms with Gasteiger partial charge in [-0.2, -0.15) is 0 Å². The number of fused-ring (bicyclic) bond motifs is 2. The molecule has 2 aromatic rings. The summed E-state index contributed by atoms with van der Waals surface area (Å²) in [5.41, 5.74) is 2.58. The Kier molecular flexibility index (Phi) is 6.67. The standard InChI is InChI=1S/C26H30N2O5/c1-17(25(30)31)15-23(29)27(2)24-19-11-6-7-13-21(19)28(22-14-8-12-20(22)24)26(32)33-16-18-9-4-3-5-10-18/h3-7,9-11,13,17,20,22,24H,8,12,14-16H2,1-2H3,(H,30,31)/t17-,20?,22?,24?/m1/s1. The molecule has 174 valence electrons. The molecule has 7 heteroatoms. The number of benzene rings is 2. The summed E-state index contributed by atoms with van der Waals surface area (Å²) < 4.78 is 5.70. The molecular formula is C26H30N2O5. The minimum atomic E-state index is -0.980. The molecule has 7 nitrogen and oxygen atoms in total.